The van der Waals surface area contributed by atoms with E-state index in [0.29, 0.717) is 31.2 Å². The number of ether oxygens (including phenoxy) is 1. The van der Waals surface area contributed by atoms with Gasteiger partial charge in [-0.1, -0.05) is 0 Å². The molecule has 0 aromatic carbocycles. The van der Waals surface area contributed by atoms with Crippen molar-refractivity contribution in [2.45, 2.75) is 38.0 Å². The smallest absolute Gasteiger partial charge is 0.286 e. The van der Waals surface area contributed by atoms with E-state index >= 15 is 0 Å². The third kappa shape index (κ3) is 3.00. The van der Waals surface area contributed by atoms with Crippen LogP contribution in [-0.2, 0) is 16.1 Å². The van der Waals surface area contributed by atoms with Crippen molar-refractivity contribution in [2.24, 2.45) is 11.8 Å². The summed E-state index contributed by atoms with van der Waals surface area (Å²) in [6.45, 7) is 3.73. The van der Waals surface area contributed by atoms with Crippen molar-refractivity contribution in [3.05, 3.63) is 35.9 Å². The number of hydrogen-bond acceptors (Lipinski definition) is 6. The maximum absolute atomic E-state index is 12.9. The van der Waals surface area contributed by atoms with E-state index in [9.17, 15) is 9.59 Å². The molecule has 4 atom stereocenters. The van der Waals surface area contributed by atoms with Crippen LogP contribution < -0.4 is 11.1 Å². The van der Waals surface area contributed by atoms with Gasteiger partial charge in [0.05, 0.1) is 30.2 Å². The number of nitrogens with zero attached hydrogens (tertiary/aromatic N) is 3. The number of anilines is 1. The highest BCUT2D eigenvalue weighted by Gasteiger charge is 2.63. The van der Waals surface area contributed by atoms with Gasteiger partial charge in [0.15, 0.2) is 5.76 Å². The molecule has 0 saturated carbocycles. The average molecular weight is 399 g/mol. The van der Waals surface area contributed by atoms with Gasteiger partial charge < -0.3 is 25.1 Å². The maximum atomic E-state index is 12.9. The number of furan rings is 1. The van der Waals surface area contributed by atoms with Gasteiger partial charge in [-0.3, -0.25) is 9.59 Å². The molecule has 2 bridgehead atoms. The van der Waals surface area contributed by atoms with Gasteiger partial charge in [0.1, 0.15) is 12.4 Å². The van der Waals surface area contributed by atoms with Crippen molar-refractivity contribution < 1.29 is 18.7 Å². The molecule has 5 rings (SSSR count). The summed E-state index contributed by atoms with van der Waals surface area (Å²) in [5.74, 6) is 0.982. The van der Waals surface area contributed by atoms with E-state index in [4.69, 9.17) is 14.9 Å². The molecule has 0 unspecified atom stereocenters. The van der Waals surface area contributed by atoms with Crippen molar-refractivity contribution >= 4 is 17.6 Å². The minimum Gasteiger partial charge on any atom is -0.459 e. The summed E-state index contributed by atoms with van der Waals surface area (Å²) in [5, 5.41) is 7.25. The predicted octanol–water partition coefficient (Wildman–Crippen LogP) is 0.803. The van der Waals surface area contributed by atoms with Gasteiger partial charge >= 0.3 is 0 Å². The third-order valence-corrected chi connectivity index (χ3v) is 6.60. The van der Waals surface area contributed by atoms with Crippen LogP contribution in [0.2, 0.25) is 0 Å². The van der Waals surface area contributed by atoms with Crippen LogP contribution in [-0.4, -0.2) is 57.8 Å². The molecule has 9 nitrogen and oxygen atoms in total. The fraction of sp³-hybridized carbons (Fsp3) is 0.550. The van der Waals surface area contributed by atoms with E-state index < -0.39 is 0 Å². The molecule has 2 aromatic rings. The molecule has 3 fully saturated rings. The van der Waals surface area contributed by atoms with Crippen LogP contribution in [0.3, 0.4) is 0 Å². The zero-order valence-corrected chi connectivity index (χ0v) is 16.3. The van der Waals surface area contributed by atoms with Gasteiger partial charge in [0, 0.05) is 31.0 Å². The molecular formula is C20H25N5O4. The predicted molar refractivity (Wildman–Crippen MR) is 103 cm³/mol. The quantitative estimate of drug-likeness (QED) is 0.769. The molecule has 3 aliphatic heterocycles. The second-order valence-corrected chi connectivity index (χ2v) is 8.36. The number of nitrogen functional groups attached to an aromatic ring is 1. The van der Waals surface area contributed by atoms with Gasteiger partial charge in [-0.05, 0) is 31.9 Å². The average Bonchev–Trinajstić information content (AvgIpc) is 3.47. The number of fused-ring (bicyclic) bond motifs is 1. The Labute approximate surface area is 168 Å². The first kappa shape index (κ1) is 18.2. The number of likely N-dealkylation sites (tertiary alicyclic amines) is 1. The summed E-state index contributed by atoms with van der Waals surface area (Å²) in [6, 6.07) is 5.10. The number of rotatable bonds is 5. The number of amides is 2. The molecule has 154 valence electrons. The van der Waals surface area contributed by atoms with Gasteiger partial charge in [-0.15, -0.1) is 0 Å². The summed E-state index contributed by atoms with van der Waals surface area (Å²) in [6.07, 6.45) is 3.54. The van der Waals surface area contributed by atoms with Crippen LogP contribution in [0.5, 0.6) is 0 Å². The van der Waals surface area contributed by atoms with E-state index in [-0.39, 0.29) is 41.9 Å². The zero-order chi connectivity index (χ0) is 20.2. The summed E-state index contributed by atoms with van der Waals surface area (Å²) >= 11 is 0. The maximum Gasteiger partial charge on any atom is 0.286 e. The zero-order valence-electron chi connectivity index (χ0n) is 16.3. The lowest BCUT2D eigenvalue weighted by atomic mass is 9.73. The molecule has 29 heavy (non-hydrogen) atoms. The third-order valence-electron chi connectivity index (χ3n) is 6.60. The Morgan fingerprint density at radius 3 is 3.03 bits per heavy atom. The van der Waals surface area contributed by atoms with Crippen molar-refractivity contribution in [1.29, 1.82) is 0 Å². The normalized spacial score (nSPS) is 30.0. The molecule has 3 N–H and O–H groups in total. The second kappa shape index (κ2) is 6.62. The number of nitrogens with one attached hydrogen (secondary N) is 1. The lowest BCUT2D eigenvalue weighted by molar-refractivity contribution is -0.132. The number of hydrogen-bond donors (Lipinski definition) is 2. The molecule has 2 amide bonds. The van der Waals surface area contributed by atoms with Crippen LogP contribution in [0.4, 0.5) is 5.82 Å². The Morgan fingerprint density at radius 2 is 2.31 bits per heavy atom. The van der Waals surface area contributed by atoms with E-state index in [2.05, 4.69) is 10.4 Å². The van der Waals surface area contributed by atoms with Crippen molar-refractivity contribution in [3.8, 4) is 0 Å². The van der Waals surface area contributed by atoms with E-state index in [1.165, 1.54) is 6.26 Å². The summed E-state index contributed by atoms with van der Waals surface area (Å²) in [7, 11) is 0. The van der Waals surface area contributed by atoms with Crippen molar-refractivity contribution in [2.75, 3.05) is 25.4 Å². The molecule has 9 heteroatoms. The number of aromatic nitrogens is 2. The molecule has 0 radical (unpaired) electrons. The first-order valence-electron chi connectivity index (χ1n) is 10.0. The monoisotopic (exact) mass is 399 g/mol. The standard InChI is InChI=1S/C20H25N5O4/c1-12-7-17(21)25(23-12)10-18(26)24-9-14-13(15-4-5-20(14,11-24)29-15)8-22-19(27)16-3-2-6-28-16/h2-3,6-7,13-15H,4-5,8-11,21H2,1H3,(H,22,27)/t13-,14+,15+,20+/m0/s1. The Morgan fingerprint density at radius 1 is 1.45 bits per heavy atom. The Kier molecular flexibility index (Phi) is 4.16. The van der Waals surface area contributed by atoms with Gasteiger partial charge in [-0.2, -0.15) is 5.10 Å². The van der Waals surface area contributed by atoms with Crippen molar-refractivity contribution in [1.82, 2.24) is 20.0 Å². The van der Waals surface area contributed by atoms with E-state index in [1.54, 1.807) is 22.9 Å². The SMILES string of the molecule is Cc1cc(N)n(CC(=O)N2C[C@@H]3[C@H](CNC(=O)c4ccco4)[C@H]4CC[C@]3(C2)O4)n1. The fourth-order valence-corrected chi connectivity index (χ4v) is 5.28. The van der Waals surface area contributed by atoms with E-state index in [0.717, 1.165) is 18.5 Å². The van der Waals surface area contributed by atoms with Gasteiger partial charge in [0.25, 0.3) is 5.91 Å². The van der Waals surface area contributed by atoms with Crippen LogP contribution in [0.1, 0.15) is 29.1 Å². The molecular weight excluding hydrogens is 374 g/mol. The Hall–Kier alpha value is -2.81. The minimum absolute atomic E-state index is 0.00556. The molecule has 2 aromatic heterocycles. The Balaban J connectivity index is 1.25. The van der Waals surface area contributed by atoms with Gasteiger partial charge in [-0.25, -0.2) is 4.68 Å². The lowest BCUT2D eigenvalue weighted by Gasteiger charge is -2.29. The van der Waals surface area contributed by atoms with Crippen LogP contribution in [0.25, 0.3) is 0 Å². The molecule has 5 heterocycles. The summed E-state index contributed by atoms with van der Waals surface area (Å²) < 4.78 is 13.1. The van der Waals surface area contributed by atoms with E-state index in [1.807, 2.05) is 11.8 Å². The fourth-order valence-electron chi connectivity index (χ4n) is 5.28. The van der Waals surface area contributed by atoms with Crippen LogP contribution in [0.15, 0.2) is 28.9 Å². The van der Waals surface area contributed by atoms with Crippen LogP contribution >= 0.6 is 0 Å². The van der Waals surface area contributed by atoms with Gasteiger partial charge in [0.2, 0.25) is 5.91 Å². The summed E-state index contributed by atoms with van der Waals surface area (Å²) in [5.41, 5.74) is 6.43. The number of nitrogens with two attached hydrogens (primary N) is 1. The first-order chi connectivity index (χ1) is 13.9. The summed E-state index contributed by atoms with van der Waals surface area (Å²) in [4.78, 5) is 27.0. The number of carbonyl (C=O) groups excluding carboxylic acids is 2. The molecule has 3 aliphatic rings. The molecule has 1 spiro atoms. The topological polar surface area (TPSA) is 116 Å². The lowest BCUT2D eigenvalue weighted by Crippen LogP contribution is -2.41. The highest BCUT2D eigenvalue weighted by atomic mass is 16.5. The number of carbonyl (C=O) groups is 2. The Bertz CT molecular complexity index is 939. The van der Waals surface area contributed by atoms with Crippen LogP contribution in [0, 0.1) is 18.8 Å². The first-order valence-corrected chi connectivity index (χ1v) is 10.0. The number of aryl methyl sites for hydroxylation is 1. The van der Waals surface area contributed by atoms with Crippen molar-refractivity contribution in [3.63, 3.8) is 0 Å². The minimum atomic E-state index is -0.286. The molecule has 0 aliphatic carbocycles. The molecule has 3 saturated heterocycles. The second-order valence-electron chi connectivity index (χ2n) is 8.36. The highest BCUT2D eigenvalue weighted by molar-refractivity contribution is 5.91. The highest BCUT2D eigenvalue weighted by Crippen LogP contribution is 2.54. The largest absolute Gasteiger partial charge is 0.459 e.